The van der Waals surface area contributed by atoms with Gasteiger partial charge in [0.1, 0.15) is 0 Å². The third kappa shape index (κ3) is 19.0. The van der Waals surface area contributed by atoms with Crippen molar-refractivity contribution in [3.05, 3.63) is 246 Å². The second kappa shape index (κ2) is 37.3. The zero-order chi connectivity index (χ0) is 72.5. The molecule has 0 atom stereocenters. The first-order chi connectivity index (χ1) is 47.6. The van der Waals surface area contributed by atoms with Crippen LogP contribution in [0.3, 0.4) is 0 Å². The van der Waals surface area contributed by atoms with E-state index in [4.69, 9.17) is 30.0 Å². The molecule has 0 saturated heterocycles. The van der Waals surface area contributed by atoms with Crippen molar-refractivity contribution in [3.8, 4) is 34.5 Å². The molecule has 103 heavy (non-hydrogen) atoms. The second-order valence-electron chi connectivity index (χ2n) is 24.1. The van der Waals surface area contributed by atoms with Crippen LogP contribution in [-0.2, 0) is 116 Å². The third-order valence-corrected chi connectivity index (χ3v) is 15.9. The van der Waals surface area contributed by atoms with Crippen molar-refractivity contribution in [3.63, 3.8) is 0 Å². The van der Waals surface area contributed by atoms with Crippen molar-refractivity contribution in [2.75, 3.05) is 75.1 Å². The van der Waals surface area contributed by atoms with Crippen molar-refractivity contribution in [1.82, 2.24) is 0 Å². The van der Waals surface area contributed by atoms with Gasteiger partial charge in [0.05, 0.1) is 34.1 Å². The van der Waals surface area contributed by atoms with E-state index in [2.05, 4.69) is 0 Å². The summed E-state index contributed by atoms with van der Waals surface area (Å²) in [5.74, 6) is -5.64. The monoisotopic (exact) mass is 1640 g/mol. The van der Waals surface area contributed by atoms with E-state index < -0.39 is 88.5 Å². The fraction of sp³-hybridized carbons (Fsp3) is 0.211. The molecule has 18 nitrogen and oxygen atoms in total. The van der Waals surface area contributed by atoms with Crippen molar-refractivity contribution >= 4 is 136 Å². The standard InChI is InChI=1S/C64H40N6O6.6C2H6OS.3Cu/c71-59-31-13-19-37-49-39-21-15-33-27-67-45-9-3-5-11-47(45)69-29-35-17-23-41-50-38-20-14-32(26-66-44-8-2-1-7-43(44)65-25-31)60(72)52(38)58(55(41)63(35)75)56-42(50)24-18-36(64(56)76)30-70-48-12-6-4-10-46(48)68-28-34-16-22-40(49)54(62(34)74)57(51(37)59)53(39)61(33)73;6*1-4(2)3;;;/h1-30,49-50,57-58,71-76H;6*1-2H3;;;/q;;;;;;;3*+2/p-6. The van der Waals surface area contributed by atoms with Gasteiger partial charge >= 0.3 is 51.2 Å². The molecule has 27 heteroatoms. The van der Waals surface area contributed by atoms with Gasteiger partial charge in [0.15, 0.2) is 0 Å². The van der Waals surface area contributed by atoms with Crippen LogP contribution in [0.25, 0.3) is 0 Å². The summed E-state index contributed by atoms with van der Waals surface area (Å²) in [6.45, 7) is 0. The number of aliphatic imine (C=N–C) groups is 6. The van der Waals surface area contributed by atoms with Gasteiger partial charge in [-0.05, 0) is 137 Å². The summed E-state index contributed by atoms with van der Waals surface area (Å²) in [4.78, 5) is 28.7. The molecule has 6 aliphatic carbocycles. The van der Waals surface area contributed by atoms with Crippen LogP contribution in [0.5, 0.6) is 34.5 Å². The first-order valence-electron chi connectivity index (χ1n) is 30.7. The molecule has 9 aromatic carbocycles. The van der Waals surface area contributed by atoms with Gasteiger partial charge in [0, 0.05) is 201 Å². The van der Waals surface area contributed by atoms with Crippen LogP contribution in [0, 0.1) is 0 Å². The van der Waals surface area contributed by atoms with Crippen LogP contribution in [0.15, 0.2) is 176 Å². The van der Waals surface area contributed by atoms with Crippen LogP contribution >= 0.6 is 0 Å². The summed E-state index contributed by atoms with van der Waals surface area (Å²) in [5, 5.41) is 90.9. The minimum atomic E-state index is -1.06. The Morgan fingerprint density at radius 3 is 0.476 bits per heavy atom. The Kier molecular flexibility index (Phi) is 30.5. The Hall–Kier alpha value is -7.74. The number of hydrogen-bond acceptors (Lipinski definition) is 18. The number of para-hydroxylation sites is 6. The van der Waals surface area contributed by atoms with Gasteiger partial charge in [0.25, 0.3) is 0 Å². The summed E-state index contributed by atoms with van der Waals surface area (Å²) < 4.78 is 57.3. The van der Waals surface area contributed by atoms with Gasteiger partial charge in [-0.3, -0.25) is 55.2 Å². The molecule has 18 rings (SSSR count). The Bertz CT molecular complexity index is 4220. The zero-order valence-corrected chi connectivity index (χ0v) is 65.3. The van der Waals surface area contributed by atoms with E-state index in [0.717, 1.165) is 0 Å². The smallest absolute Gasteiger partial charge is 0.872 e. The molecule has 0 amide bonds. The molecular formula is C76H70Cu3N6O12S6. The Morgan fingerprint density at radius 1 is 0.223 bits per heavy atom. The van der Waals surface area contributed by atoms with Crippen LogP contribution < -0.4 is 30.6 Å². The maximum atomic E-state index is 15.2. The normalized spacial score (nSPS) is 15.3. The third-order valence-electron chi connectivity index (χ3n) is 15.9. The van der Waals surface area contributed by atoms with Crippen molar-refractivity contribution in [2.24, 2.45) is 30.0 Å². The van der Waals surface area contributed by atoms with Gasteiger partial charge < -0.3 is 30.6 Å². The summed E-state index contributed by atoms with van der Waals surface area (Å²) in [7, 11) is -3.67. The molecule has 9 aliphatic rings. The average Bonchev–Trinajstić information content (AvgIpc) is 0.695. The number of rotatable bonds is 0. The van der Waals surface area contributed by atoms with Gasteiger partial charge in [0.2, 0.25) is 0 Å². The predicted molar refractivity (Wildman–Crippen MR) is 402 cm³/mol. The summed E-state index contributed by atoms with van der Waals surface area (Å²) in [5.41, 5.74) is 9.81. The molecule has 9 aromatic rings. The molecule has 3 radical (unpaired) electrons. The van der Waals surface area contributed by atoms with E-state index >= 15 is 30.6 Å². The largest absolute Gasteiger partial charge is 2.00 e. The maximum absolute atomic E-state index is 15.2. The maximum Gasteiger partial charge on any atom is 2.00 e. The molecular weight excluding hydrogens is 1570 g/mol. The van der Waals surface area contributed by atoms with Crippen molar-refractivity contribution in [2.45, 2.75) is 23.7 Å². The first-order valence-corrected chi connectivity index (χ1v) is 42.5. The van der Waals surface area contributed by atoms with E-state index in [9.17, 15) is 25.3 Å². The molecule has 0 saturated carbocycles. The quantitative estimate of drug-likeness (QED) is 0.128. The molecule has 0 spiro atoms. The van der Waals surface area contributed by atoms with E-state index in [1.54, 1.807) is 184 Å². The fourth-order valence-corrected chi connectivity index (χ4v) is 12.4. The van der Waals surface area contributed by atoms with Crippen LogP contribution in [-0.4, -0.2) is 138 Å². The van der Waals surface area contributed by atoms with Gasteiger partial charge in [-0.25, -0.2) is 0 Å². The Morgan fingerprint density at radius 2 is 0.350 bits per heavy atom. The molecule has 16 bridgehead atoms. The van der Waals surface area contributed by atoms with E-state index in [1.165, 1.54) is 37.3 Å². The molecule has 0 fully saturated rings. The number of nitrogens with zero attached hydrogens (tertiary/aromatic N) is 6. The Labute approximate surface area is 646 Å². The van der Waals surface area contributed by atoms with Gasteiger partial charge in [-0.2, -0.15) is 0 Å². The summed E-state index contributed by atoms with van der Waals surface area (Å²) in [6, 6.07) is 42.7. The topological polar surface area (TPSA) is 315 Å². The molecule has 0 N–H and O–H groups in total. The molecule has 3 heterocycles. The van der Waals surface area contributed by atoms with Gasteiger partial charge in [-0.1, -0.05) is 144 Å². The van der Waals surface area contributed by atoms with E-state index in [1.807, 2.05) is 36.4 Å². The molecule has 3 aliphatic heterocycles. The zero-order valence-electron chi connectivity index (χ0n) is 57.6. The fourth-order valence-electron chi connectivity index (χ4n) is 12.4. The van der Waals surface area contributed by atoms with Crippen LogP contribution in [0.1, 0.15) is 124 Å². The summed E-state index contributed by atoms with van der Waals surface area (Å²) in [6.07, 6.45) is 28.4. The van der Waals surface area contributed by atoms with Crippen LogP contribution in [0.2, 0.25) is 0 Å². The predicted octanol–water partition coefficient (Wildman–Crippen LogP) is 9.19. The average molecular weight is 1640 g/mol. The molecule has 0 aromatic heterocycles. The van der Waals surface area contributed by atoms with E-state index in [0.29, 0.717) is 101 Å². The van der Waals surface area contributed by atoms with E-state index in [-0.39, 0.29) is 119 Å². The number of benzene rings is 9. The molecule has 0 unspecified atom stereocenters. The minimum Gasteiger partial charge on any atom is -0.872 e. The van der Waals surface area contributed by atoms with Gasteiger partial charge in [-0.15, -0.1) is 0 Å². The SMILES string of the molecule is CS(C)=O.CS(C)=O.CS(C)=O.CS(C)=O.CS(C)=O.CS(C)=O.[Cu+2].[Cu+2].[Cu+2].[O-]c1c2ccc3c1C1c4c5ccc(c4[O-])C=Nc4ccccc4N=Cc4ccc6c(c4[O-])C4c7c(ccc(c7[O-])C=Nc7ccccc7N=C2)C6c2ccc(c([O-])c24)C=Nc2ccccc2N=Cc2ccc(c1c2[O-])C35. The first kappa shape index (κ1) is 84.2. The number of hydrogen-bond donors (Lipinski definition) is 0. The molecule has 545 valence electrons. The van der Waals surface area contributed by atoms with Crippen LogP contribution in [0.4, 0.5) is 34.1 Å². The van der Waals surface area contributed by atoms with Crippen molar-refractivity contribution < 1.29 is 107 Å². The second-order valence-corrected chi connectivity index (χ2v) is 33.0. The Balaban J connectivity index is 0.000000542. The summed E-state index contributed by atoms with van der Waals surface area (Å²) >= 11 is 0. The van der Waals surface area contributed by atoms with Crippen molar-refractivity contribution in [1.29, 1.82) is 0 Å². The minimum absolute atomic E-state index is 0.